The maximum atomic E-state index is 4.96. The average molecular weight is 171 g/mol. The second kappa shape index (κ2) is 6.44. The van der Waals surface area contributed by atoms with E-state index in [-0.39, 0.29) is 0 Å². The van der Waals surface area contributed by atoms with Crippen molar-refractivity contribution < 1.29 is 4.74 Å². The van der Waals surface area contributed by atoms with Crippen molar-refractivity contribution >= 4 is 0 Å². The van der Waals surface area contributed by atoms with Crippen LogP contribution in [0, 0.1) is 5.92 Å². The molecule has 0 aromatic heterocycles. The number of ether oxygens (including phenoxy) is 1. The molecule has 0 saturated heterocycles. The topological polar surface area (TPSA) is 21.3 Å². The van der Waals surface area contributed by atoms with Crippen molar-refractivity contribution in [3.8, 4) is 0 Å². The van der Waals surface area contributed by atoms with Gasteiger partial charge in [-0.1, -0.05) is 19.3 Å². The molecule has 2 heteroatoms. The van der Waals surface area contributed by atoms with Gasteiger partial charge in [0.25, 0.3) is 0 Å². The Bertz CT molecular complexity index is 102. The van der Waals surface area contributed by atoms with Gasteiger partial charge in [0, 0.05) is 13.7 Å². The van der Waals surface area contributed by atoms with Gasteiger partial charge in [0.1, 0.15) is 0 Å². The Hall–Kier alpha value is -0.0800. The first-order valence-corrected chi connectivity index (χ1v) is 5.13. The quantitative estimate of drug-likeness (QED) is 0.590. The highest BCUT2D eigenvalue weighted by Crippen LogP contribution is 2.28. The fraction of sp³-hybridized carbons (Fsp3) is 1.00. The molecule has 2 nitrogen and oxygen atoms in total. The molecule has 1 N–H and O–H groups in total. The third-order valence-corrected chi connectivity index (χ3v) is 2.66. The molecule has 0 amide bonds. The van der Waals surface area contributed by atoms with Crippen molar-refractivity contribution in [3.05, 3.63) is 0 Å². The summed E-state index contributed by atoms with van der Waals surface area (Å²) in [6, 6.07) is 0. The molecule has 0 atom stereocenters. The summed E-state index contributed by atoms with van der Waals surface area (Å²) < 4.78 is 4.96. The lowest BCUT2D eigenvalue weighted by molar-refractivity contribution is 0.193. The Balaban J connectivity index is 1.70. The molecule has 0 bridgehead atoms. The van der Waals surface area contributed by atoms with Crippen LogP contribution in [-0.4, -0.2) is 26.8 Å². The zero-order valence-electron chi connectivity index (χ0n) is 8.14. The van der Waals surface area contributed by atoms with Crippen molar-refractivity contribution in [1.82, 2.24) is 5.32 Å². The van der Waals surface area contributed by atoms with Gasteiger partial charge in [-0.05, 0) is 31.8 Å². The van der Waals surface area contributed by atoms with E-state index in [0.717, 1.165) is 25.5 Å². The Kier molecular flexibility index (Phi) is 5.37. The van der Waals surface area contributed by atoms with Crippen LogP contribution >= 0.6 is 0 Å². The van der Waals surface area contributed by atoms with Gasteiger partial charge in [-0.25, -0.2) is 0 Å². The van der Waals surface area contributed by atoms with Gasteiger partial charge in [-0.2, -0.15) is 0 Å². The average Bonchev–Trinajstić information content (AvgIpc) is 2.00. The van der Waals surface area contributed by atoms with E-state index < -0.39 is 0 Å². The van der Waals surface area contributed by atoms with Crippen LogP contribution in [0.5, 0.6) is 0 Å². The minimum absolute atomic E-state index is 0.885. The highest BCUT2D eigenvalue weighted by molar-refractivity contribution is 4.70. The van der Waals surface area contributed by atoms with Gasteiger partial charge in [-0.15, -0.1) is 0 Å². The van der Waals surface area contributed by atoms with Crippen molar-refractivity contribution in [1.29, 1.82) is 0 Å². The van der Waals surface area contributed by atoms with Crippen molar-refractivity contribution in [3.63, 3.8) is 0 Å². The van der Waals surface area contributed by atoms with Crippen LogP contribution in [0.25, 0.3) is 0 Å². The maximum absolute atomic E-state index is 4.96. The third-order valence-electron chi connectivity index (χ3n) is 2.66. The fourth-order valence-electron chi connectivity index (χ4n) is 1.55. The second-order valence-electron chi connectivity index (χ2n) is 3.68. The summed E-state index contributed by atoms with van der Waals surface area (Å²) in [6.07, 6.45) is 6.93. The van der Waals surface area contributed by atoms with Gasteiger partial charge in [0.05, 0.1) is 0 Å². The van der Waals surface area contributed by atoms with Crippen LogP contribution in [-0.2, 0) is 4.74 Å². The van der Waals surface area contributed by atoms with Crippen LogP contribution in [0.4, 0.5) is 0 Å². The van der Waals surface area contributed by atoms with E-state index in [9.17, 15) is 0 Å². The molecule has 0 aliphatic heterocycles. The van der Waals surface area contributed by atoms with E-state index in [4.69, 9.17) is 4.74 Å². The predicted octanol–water partition coefficient (Wildman–Crippen LogP) is 1.80. The summed E-state index contributed by atoms with van der Waals surface area (Å²) in [5, 5.41) is 3.44. The maximum Gasteiger partial charge on any atom is 0.0474 e. The molecular weight excluding hydrogens is 150 g/mol. The van der Waals surface area contributed by atoms with Crippen molar-refractivity contribution in [2.75, 3.05) is 26.8 Å². The third kappa shape index (κ3) is 4.07. The van der Waals surface area contributed by atoms with E-state index in [2.05, 4.69) is 5.32 Å². The largest absolute Gasteiger partial charge is 0.385 e. The molecule has 0 spiro atoms. The molecular formula is C10H21NO. The predicted molar refractivity (Wildman–Crippen MR) is 51.3 cm³/mol. The minimum atomic E-state index is 0.885. The fourth-order valence-corrected chi connectivity index (χ4v) is 1.55. The Morgan fingerprint density at radius 1 is 1.33 bits per heavy atom. The lowest BCUT2D eigenvalue weighted by atomic mass is 9.83. The smallest absolute Gasteiger partial charge is 0.0474 e. The van der Waals surface area contributed by atoms with Gasteiger partial charge >= 0.3 is 0 Å². The van der Waals surface area contributed by atoms with E-state index in [1.807, 2.05) is 0 Å². The summed E-state index contributed by atoms with van der Waals surface area (Å²) >= 11 is 0. The summed E-state index contributed by atoms with van der Waals surface area (Å²) in [4.78, 5) is 0. The SMILES string of the molecule is COCCCNCCC1CCC1. The number of rotatable bonds is 7. The molecule has 0 radical (unpaired) electrons. The Labute approximate surface area is 75.7 Å². The summed E-state index contributed by atoms with van der Waals surface area (Å²) in [7, 11) is 1.76. The molecule has 12 heavy (non-hydrogen) atoms. The van der Waals surface area contributed by atoms with E-state index in [0.29, 0.717) is 0 Å². The summed E-state index contributed by atoms with van der Waals surface area (Å²) in [5.74, 6) is 1.04. The van der Waals surface area contributed by atoms with Gasteiger partial charge in [-0.3, -0.25) is 0 Å². The lowest BCUT2D eigenvalue weighted by Gasteiger charge is -2.25. The highest BCUT2D eigenvalue weighted by Gasteiger charge is 2.15. The van der Waals surface area contributed by atoms with Crippen LogP contribution in [0.15, 0.2) is 0 Å². The van der Waals surface area contributed by atoms with E-state index in [1.165, 1.54) is 32.2 Å². The molecule has 72 valence electrons. The molecule has 1 saturated carbocycles. The van der Waals surface area contributed by atoms with Crippen molar-refractivity contribution in [2.45, 2.75) is 32.1 Å². The number of hydrogen-bond donors (Lipinski definition) is 1. The number of nitrogens with one attached hydrogen (secondary N) is 1. The minimum Gasteiger partial charge on any atom is -0.385 e. The monoisotopic (exact) mass is 171 g/mol. The molecule has 0 unspecified atom stereocenters. The normalized spacial score (nSPS) is 17.8. The van der Waals surface area contributed by atoms with Crippen LogP contribution in [0.3, 0.4) is 0 Å². The highest BCUT2D eigenvalue weighted by atomic mass is 16.5. The zero-order chi connectivity index (χ0) is 8.65. The van der Waals surface area contributed by atoms with Crippen molar-refractivity contribution in [2.24, 2.45) is 5.92 Å². The molecule has 1 aliphatic rings. The standard InChI is InChI=1S/C10H21NO/c1-12-9-3-7-11-8-6-10-4-2-5-10/h10-11H,2-9H2,1H3. The lowest BCUT2D eigenvalue weighted by Crippen LogP contribution is -2.22. The summed E-state index contributed by atoms with van der Waals surface area (Å²) in [6.45, 7) is 3.20. The zero-order valence-corrected chi connectivity index (χ0v) is 8.14. The first-order chi connectivity index (χ1) is 5.93. The van der Waals surface area contributed by atoms with Crippen LogP contribution in [0.1, 0.15) is 32.1 Å². The Morgan fingerprint density at radius 3 is 2.75 bits per heavy atom. The van der Waals surface area contributed by atoms with Gasteiger partial charge in [0.2, 0.25) is 0 Å². The number of methoxy groups -OCH3 is 1. The first kappa shape index (κ1) is 10.0. The Morgan fingerprint density at radius 2 is 2.17 bits per heavy atom. The van der Waals surface area contributed by atoms with Crippen LogP contribution < -0.4 is 5.32 Å². The number of hydrogen-bond acceptors (Lipinski definition) is 2. The second-order valence-corrected chi connectivity index (χ2v) is 3.68. The molecule has 1 fully saturated rings. The molecule has 1 aliphatic carbocycles. The first-order valence-electron chi connectivity index (χ1n) is 5.13. The van der Waals surface area contributed by atoms with Gasteiger partial charge < -0.3 is 10.1 Å². The van der Waals surface area contributed by atoms with E-state index in [1.54, 1.807) is 7.11 Å². The summed E-state index contributed by atoms with van der Waals surface area (Å²) in [5.41, 5.74) is 0. The van der Waals surface area contributed by atoms with Crippen LogP contribution in [0.2, 0.25) is 0 Å². The van der Waals surface area contributed by atoms with E-state index >= 15 is 0 Å². The molecule has 1 rings (SSSR count). The molecule has 0 heterocycles. The molecule has 0 aromatic rings. The van der Waals surface area contributed by atoms with Gasteiger partial charge in [0.15, 0.2) is 0 Å². The molecule has 0 aromatic carbocycles.